The highest BCUT2D eigenvalue weighted by Gasteiger charge is 2.14. The van der Waals surface area contributed by atoms with Crippen LogP contribution in [-0.2, 0) is 6.54 Å². The molecule has 28 heavy (non-hydrogen) atoms. The Morgan fingerprint density at radius 2 is 1.82 bits per heavy atom. The van der Waals surface area contributed by atoms with Crippen LogP contribution in [0.15, 0.2) is 62.6 Å². The molecule has 0 spiro atoms. The molecule has 0 aliphatic rings. The zero-order valence-electron chi connectivity index (χ0n) is 15.0. The summed E-state index contributed by atoms with van der Waals surface area (Å²) in [7, 11) is 0. The molecule has 3 N–H and O–H groups in total. The SMILES string of the molecule is Cc1noc2[nH]c(=O)c3cc4[nH]c(=O)cc(NCc5ccccc5)c4cc3c12. The Morgan fingerprint density at radius 1 is 1.00 bits per heavy atom. The van der Waals surface area contributed by atoms with Crippen molar-refractivity contribution < 1.29 is 4.52 Å². The Bertz CT molecular complexity index is 1460. The maximum absolute atomic E-state index is 12.5. The van der Waals surface area contributed by atoms with Gasteiger partial charge in [0.05, 0.1) is 16.6 Å². The molecule has 0 saturated carbocycles. The predicted octanol–water partition coefficient (Wildman–Crippen LogP) is 3.43. The minimum Gasteiger partial charge on any atom is -0.380 e. The summed E-state index contributed by atoms with van der Waals surface area (Å²) in [5, 5.41) is 10.1. The molecule has 0 radical (unpaired) electrons. The molecular weight excluding hydrogens is 356 g/mol. The zero-order valence-corrected chi connectivity index (χ0v) is 15.0. The van der Waals surface area contributed by atoms with Gasteiger partial charge in [-0.3, -0.25) is 14.6 Å². The molecule has 0 unspecified atom stereocenters. The van der Waals surface area contributed by atoms with E-state index in [2.05, 4.69) is 20.4 Å². The van der Waals surface area contributed by atoms with Gasteiger partial charge in [0.1, 0.15) is 0 Å². The number of nitrogens with zero attached hydrogens (tertiary/aromatic N) is 1. The molecule has 5 rings (SSSR count). The maximum Gasteiger partial charge on any atom is 0.258 e. The van der Waals surface area contributed by atoms with Gasteiger partial charge in [0, 0.05) is 34.5 Å². The zero-order chi connectivity index (χ0) is 19.3. The lowest BCUT2D eigenvalue weighted by atomic mass is 10.0. The molecule has 3 heterocycles. The number of nitrogens with one attached hydrogen (secondary N) is 3. The Kier molecular flexibility index (Phi) is 3.55. The summed E-state index contributed by atoms with van der Waals surface area (Å²) >= 11 is 0. The number of aryl methyl sites for hydroxylation is 1. The highest BCUT2D eigenvalue weighted by Crippen LogP contribution is 2.30. The van der Waals surface area contributed by atoms with Crippen molar-refractivity contribution >= 4 is 38.5 Å². The number of H-pyrrole nitrogens is 2. The van der Waals surface area contributed by atoms with E-state index < -0.39 is 0 Å². The number of hydrogen-bond acceptors (Lipinski definition) is 5. The summed E-state index contributed by atoms with van der Waals surface area (Å²) in [6, 6.07) is 15.1. The molecule has 0 aliphatic heterocycles. The van der Waals surface area contributed by atoms with Gasteiger partial charge in [-0.2, -0.15) is 0 Å². The van der Waals surface area contributed by atoms with E-state index in [0.29, 0.717) is 34.5 Å². The second-order valence-corrected chi connectivity index (χ2v) is 6.76. The molecule has 0 bridgehead atoms. The fourth-order valence-corrected chi connectivity index (χ4v) is 3.58. The van der Waals surface area contributed by atoms with E-state index >= 15 is 0 Å². The molecule has 5 aromatic rings. The number of rotatable bonds is 3. The molecule has 7 heteroatoms. The largest absolute Gasteiger partial charge is 0.380 e. The van der Waals surface area contributed by atoms with Crippen molar-refractivity contribution in [1.82, 2.24) is 15.1 Å². The van der Waals surface area contributed by atoms with E-state index in [-0.39, 0.29) is 11.1 Å². The number of fused-ring (bicyclic) bond motifs is 4. The Labute approximate surface area is 158 Å². The summed E-state index contributed by atoms with van der Waals surface area (Å²) in [6.07, 6.45) is 0. The lowest BCUT2D eigenvalue weighted by molar-refractivity contribution is 0.442. The molecule has 0 amide bonds. The summed E-state index contributed by atoms with van der Waals surface area (Å²) in [6.45, 7) is 2.41. The minimum atomic E-state index is -0.288. The normalized spacial score (nSPS) is 11.5. The minimum absolute atomic E-state index is 0.235. The third-order valence-corrected chi connectivity index (χ3v) is 4.91. The number of aromatic nitrogens is 3. The quantitative estimate of drug-likeness (QED) is 0.421. The van der Waals surface area contributed by atoms with Gasteiger partial charge >= 0.3 is 0 Å². The first-order chi connectivity index (χ1) is 13.6. The van der Waals surface area contributed by atoms with Crippen molar-refractivity contribution in [3.05, 3.63) is 80.5 Å². The van der Waals surface area contributed by atoms with Crippen molar-refractivity contribution in [3.8, 4) is 0 Å². The first kappa shape index (κ1) is 16.3. The predicted molar refractivity (Wildman–Crippen MR) is 109 cm³/mol. The number of pyridine rings is 2. The molecule has 0 fully saturated rings. The van der Waals surface area contributed by atoms with Gasteiger partial charge in [0.15, 0.2) is 0 Å². The Morgan fingerprint density at radius 3 is 2.64 bits per heavy atom. The van der Waals surface area contributed by atoms with Crippen molar-refractivity contribution in [2.75, 3.05) is 5.32 Å². The van der Waals surface area contributed by atoms with Crippen LogP contribution in [-0.4, -0.2) is 15.1 Å². The van der Waals surface area contributed by atoms with Crippen molar-refractivity contribution in [2.45, 2.75) is 13.5 Å². The van der Waals surface area contributed by atoms with E-state index in [1.807, 2.05) is 43.3 Å². The van der Waals surface area contributed by atoms with Crippen LogP contribution in [0.5, 0.6) is 0 Å². The maximum atomic E-state index is 12.5. The fraction of sp³-hybridized carbons (Fsp3) is 0.0952. The summed E-state index contributed by atoms with van der Waals surface area (Å²) in [5.41, 5.74) is 2.91. The van der Waals surface area contributed by atoms with Gasteiger partial charge in [-0.05, 0) is 24.6 Å². The van der Waals surface area contributed by atoms with Crippen LogP contribution in [0.25, 0.3) is 32.8 Å². The average Bonchev–Trinajstić information content (AvgIpc) is 3.06. The van der Waals surface area contributed by atoms with Crippen LogP contribution < -0.4 is 16.4 Å². The summed E-state index contributed by atoms with van der Waals surface area (Å²) in [4.78, 5) is 30.1. The van der Waals surface area contributed by atoms with Crippen LogP contribution >= 0.6 is 0 Å². The standard InChI is InChI=1S/C21H16N4O3/c1-11-19-13-7-15-16(22-10-12-5-3-2-4-6-12)9-18(26)23-17(15)8-14(13)20(27)24-21(19)28-25-11/h2-9H,10H2,1H3,(H,24,27)(H2,22,23,26). The topological polar surface area (TPSA) is 104 Å². The van der Waals surface area contributed by atoms with Crippen molar-refractivity contribution in [3.63, 3.8) is 0 Å². The van der Waals surface area contributed by atoms with E-state index in [1.165, 1.54) is 6.07 Å². The summed E-state index contributed by atoms with van der Waals surface area (Å²) in [5.74, 6) is 0. The van der Waals surface area contributed by atoms with E-state index in [0.717, 1.165) is 21.7 Å². The first-order valence-electron chi connectivity index (χ1n) is 8.87. The van der Waals surface area contributed by atoms with Crippen LogP contribution in [0.3, 0.4) is 0 Å². The monoisotopic (exact) mass is 372 g/mol. The Balaban J connectivity index is 1.76. The van der Waals surface area contributed by atoms with Crippen molar-refractivity contribution in [1.29, 1.82) is 0 Å². The molecule has 138 valence electrons. The first-order valence-corrected chi connectivity index (χ1v) is 8.87. The lowest BCUT2D eigenvalue weighted by Crippen LogP contribution is -2.10. The van der Waals surface area contributed by atoms with Gasteiger partial charge < -0.3 is 14.8 Å². The van der Waals surface area contributed by atoms with Gasteiger partial charge in [-0.1, -0.05) is 35.5 Å². The third kappa shape index (κ3) is 2.56. The molecule has 2 aromatic carbocycles. The fourth-order valence-electron chi connectivity index (χ4n) is 3.58. The van der Waals surface area contributed by atoms with Crippen LogP contribution in [0.4, 0.5) is 5.69 Å². The van der Waals surface area contributed by atoms with Gasteiger partial charge in [-0.15, -0.1) is 0 Å². The molecular formula is C21H16N4O3. The summed E-state index contributed by atoms with van der Waals surface area (Å²) < 4.78 is 5.23. The second kappa shape index (κ2) is 6.09. The highest BCUT2D eigenvalue weighted by molar-refractivity contribution is 6.11. The van der Waals surface area contributed by atoms with Crippen molar-refractivity contribution in [2.24, 2.45) is 0 Å². The van der Waals surface area contributed by atoms with Crippen LogP contribution in [0.2, 0.25) is 0 Å². The van der Waals surface area contributed by atoms with E-state index in [1.54, 1.807) is 6.07 Å². The smallest absolute Gasteiger partial charge is 0.258 e. The molecule has 7 nitrogen and oxygen atoms in total. The molecule has 3 aromatic heterocycles. The molecule has 0 saturated heterocycles. The molecule has 0 atom stereocenters. The number of anilines is 1. The van der Waals surface area contributed by atoms with Crippen LogP contribution in [0.1, 0.15) is 11.3 Å². The average molecular weight is 372 g/mol. The van der Waals surface area contributed by atoms with Gasteiger partial charge in [0.2, 0.25) is 11.3 Å². The third-order valence-electron chi connectivity index (χ3n) is 4.91. The van der Waals surface area contributed by atoms with Crippen LogP contribution in [0, 0.1) is 6.92 Å². The van der Waals surface area contributed by atoms with E-state index in [4.69, 9.17) is 4.52 Å². The number of hydrogen-bond donors (Lipinski definition) is 3. The number of aromatic amines is 2. The van der Waals surface area contributed by atoms with E-state index in [9.17, 15) is 9.59 Å². The highest BCUT2D eigenvalue weighted by atomic mass is 16.5. The van der Waals surface area contributed by atoms with Gasteiger partial charge in [0.25, 0.3) is 5.56 Å². The number of benzene rings is 2. The lowest BCUT2D eigenvalue weighted by Gasteiger charge is -2.11. The molecule has 0 aliphatic carbocycles. The Hall–Kier alpha value is -3.87. The van der Waals surface area contributed by atoms with Gasteiger partial charge in [-0.25, -0.2) is 0 Å². The second-order valence-electron chi connectivity index (χ2n) is 6.76.